The largest absolute Gasteiger partial charge is 0.508 e. The highest BCUT2D eigenvalue weighted by atomic mass is 16.3. The Hall–Kier alpha value is -7.55. The number of nitrogens with one attached hydrogen (secondary N) is 3. The Morgan fingerprint density at radius 3 is 1.93 bits per heavy atom. The van der Waals surface area contributed by atoms with Crippen molar-refractivity contribution < 1.29 is 24.3 Å². The number of benzene rings is 3. The van der Waals surface area contributed by atoms with Crippen molar-refractivity contribution in [1.82, 2.24) is 39.8 Å². The number of phenols is 1. The van der Waals surface area contributed by atoms with Gasteiger partial charge in [0.2, 0.25) is 11.8 Å². The first-order chi connectivity index (χ1) is 28.6. The Kier molecular flexibility index (Phi) is 9.26. The number of aryl methyl sites for hydroxylation is 1. The molecule has 59 heavy (non-hydrogen) atoms. The van der Waals surface area contributed by atoms with Crippen molar-refractivity contribution in [3.05, 3.63) is 133 Å². The minimum atomic E-state index is -0.119. The molecule has 2 saturated heterocycles. The summed E-state index contributed by atoms with van der Waals surface area (Å²) in [6.07, 6.45) is 7.77. The Morgan fingerprint density at radius 1 is 0.763 bits per heavy atom. The molecule has 15 heteroatoms. The van der Waals surface area contributed by atoms with Crippen molar-refractivity contribution >= 4 is 68.1 Å². The van der Waals surface area contributed by atoms with Crippen LogP contribution in [0.15, 0.2) is 105 Å². The zero-order chi connectivity index (χ0) is 40.9. The number of anilines is 4. The molecule has 0 saturated carbocycles. The monoisotopic (exact) mass is 788 g/mol. The molecule has 0 radical (unpaired) electrons. The summed E-state index contributed by atoms with van der Waals surface area (Å²) in [6, 6.07) is 18.7. The summed E-state index contributed by atoms with van der Waals surface area (Å²) >= 11 is 0. The number of amides is 4. The van der Waals surface area contributed by atoms with E-state index >= 15 is 0 Å². The van der Waals surface area contributed by atoms with Gasteiger partial charge in [0.25, 0.3) is 11.8 Å². The van der Waals surface area contributed by atoms with E-state index in [1.165, 1.54) is 12.2 Å². The maximum atomic E-state index is 13.2. The second-order valence-corrected chi connectivity index (χ2v) is 15.0. The van der Waals surface area contributed by atoms with Crippen molar-refractivity contribution in [2.75, 3.05) is 36.8 Å². The lowest BCUT2D eigenvalue weighted by Crippen LogP contribution is -2.60. The maximum Gasteiger partial charge on any atom is 0.258 e. The first-order valence-corrected chi connectivity index (χ1v) is 19.2. The molecule has 10 rings (SSSR count). The predicted octanol–water partition coefficient (Wildman–Crippen LogP) is 5.40. The van der Waals surface area contributed by atoms with Gasteiger partial charge in [0.05, 0.1) is 82.2 Å². The molecule has 15 nitrogen and oxygen atoms in total. The number of fused-ring (bicyclic) bond motifs is 4. The van der Waals surface area contributed by atoms with Gasteiger partial charge in [-0.05, 0) is 54.3 Å². The number of likely N-dealkylation sites (tertiary alicyclic amines) is 2. The van der Waals surface area contributed by atoms with Crippen molar-refractivity contribution in [3.63, 3.8) is 0 Å². The number of nitrogens with zero attached hydrogens (tertiary/aromatic N) is 7. The average Bonchev–Trinajstić information content (AvgIpc) is 3.91. The molecule has 0 atom stereocenters. The molecular formula is C44H40N10O5. The van der Waals surface area contributed by atoms with Crippen LogP contribution in [0.5, 0.6) is 5.75 Å². The van der Waals surface area contributed by atoms with Crippen LogP contribution in [-0.4, -0.2) is 107 Å². The summed E-state index contributed by atoms with van der Waals surface area (Å²) in [6.45, 7) is 12.0. The van der Waals surface area contributed by atoms with Gasteiger partial charge in [0, 0.05) is 55.4 Å². The second-order valence-electron chi connectivity index (χ2n) is 15.0. The van der Waals surface area contributed by atoms with Crippen LogP contribution < -0.4 is 10.6 Å². The zero-order valence-electron chi connectivity index (χ0n) is 32.2. The van der Waals surface area contributed by atoms with Gasteiger partial charge in [-0.2, -0.15) is 5.10 Å². The molecule has 3 aromatic heterocycles. The zero-order valence-corrected chi connectivity index (χ0v) is 32.2. The van der Waals surface area contributed by atoms with E-state index in [-0.39, 0.29) is 41.5 Å². The number of hydrogen-bond acceptors (Lipinski definition) is 10. The Morgan fingerprint density at radius 2 is 1.34 bits per heavy atom. The molecule has 4 aliphatic rings. The molecule has 4 amide bonds. The summed E-state index contributed by atoms with van der Waals surface area (Å²) in [5, 5.41) is 26.8. The molecular weight excluding hydrogens is 749 g/mol. The van der Waals surface area contributed by atoms with Crippen molar-refractivity contribution in [3.8, 4) is 5.75 Å². The topological polar surface area (TPSA) is 180 Å². The van der Waals surface area contributed by atoms with E-state index in [1.54, 1.807) is 56.4 Å². The highest BCUT2D eigenvalue weighted by Crippen LogP contribution is 2.38. The Bertz CT molecular complexity index is 2730. The summed E-state index contributed by atoms with van der Waals surface area (Å²) in [7, 11) is 0. The molecule has 4 aliphatic heterocycles. The predicted molar refractivity (Wildman–Crippen MR) is 222 cm³/mol. The van der Waals surface area contributed by atoms with Crippen LogP contribution in [0.1, 0.15) is 37.7 Å². The fraction of sp³-hybridized carbons (Fsp3) is 0.205. The first kappa shape index (κ1) is 37.1. The van der Waals surface area contributed by atoms with Gasteiger partial charge in [-0.15, -0.1) is 0 Å². The Labute approximate surface area is 338 Å². The third kappa shape index (κ3) is 6.55. The molecule has 7 heterocycles. The number of H-pyrrole nitrogens is 1. The maximum absolute atomic E-state index is 13.2. The van der Waals surface area contributed by atoms with Crippen molar-refractivity contribution in [2.24, 2.45) is 0 Å². The van der Waals surface area contributed by atoms with E-state index in [9.17, 15) is 24.3 Å². The molecule has 0 spiro atoms. The number of carbonyl (C=O) groups is 4. The van der Waals surface area contributed by atoms with Gasteiger partial charge in [0.15, 0.2) is 0 Å². The number of aromatic amines is 1. The fourth-order valence-corrected chi connectivity index (χ4v) is 8.17. The van der Waals surface area contributed by atoms with E-state index in [2.05, 4.69) is 44.0 Å². The molecule has 2 fully saturated rings. The molecule has 0 bridgehead atoms. The highest BCUT2D eigenvalue weighted by Gasteiger charge is 2.43. The average molecular weight is 789 g/mol. The van der Waals surface area contributed by atoms with Gasteiger partial charge in [-0.1, -0.05) is 43.5 Å². The van der Waals surface area contributed by atoms with E-state index in [0.717, 1.165) is 50.0 Å². The van der Waals surface area contributed by atoms with Crippen LogP contribution in [0, 0.1) is 6.92 Å². The summed E-state index contributed by atoms with van der Waals surface area (Å²) < 4.78 is 0. The lowest BCUT2D eigenvalue weighted by atomic mass is 10.1. The number of carbonyl (C=O) groups excluding carboxylic acids is 4. The van der Waals surface area contributed by atoms with Crippen LogP contribution in [-0.2, 0) is 22.7 Å². The van der Waals surface area contributed by atoms with Gasteiger partial charge in [-0.25, -0.2) is 0 Å². The number of rotatable bonds is 8. The first-order valence-electron chi connectivity index (χ1n) is 19.2. The van der Waals surface area contributed by atoms with Crippen LogP contribution in [0.2, 0.25) is 0 Å². The lowest BCUT2D eigenvalue weighted by Gasteiger charge is -2.43. The standard InChI is InChI=1S/C23H20N4O3.C21H20N6O2/c1-2-21(29)26-11-15(12-26)27-13-20-22(23(27)30)18(7-8-24-20)25-19-10-16(28)9-14-5-3-4-6-17(14)19;1-3-18(28)26-9-13(10-26)27-11-17-19(21(27)29)16(6-7-22-17)24-20-12(2)4-5-15-14(20)8-23-25-15/h2-10,15,28H,1,11-13H2,(H,24,25);3-8,13H,1,9-11H2,2H3,(H,22,24)(H,23,25). The van der Waals surface area contributed by atoms with E-state index in [4.69, 9.17) is 0 Å². The number of phenolic OH excluding ortho intramolecular Hbond substituents is 1. The fourth-order valence-electron chi connectivity index (χ4n) is 8.17. The summed E-state index contributed by atoms with van der Waals surface area (Å²) in [4.78, 5) is 65.6. The highest BCUT2D eigenvalue weighted by molar-refractivity contribution is 6.07. The summed E-state index contributed by atoms with van der Waals surface area (Å²) in [5.74, 6) is -0.221. The molecule has 6 aromatic rings. The van der Waals surface area contributed by atoms with Crippen LogP contribution >= 0.6 is 0 Å². The number of hydrogen-bond donors (Lipinski definition) is 4. The van der Waals surface area contributed by atoms with Crippen LogP contribution in [0.25, 0.3) is 21.7 Å². The second kappa shape index (κ2) is 14.8. The minimum Gasteiger partial charge on any atom is -0.508 e. The SMILES string of the molecule is C=CC(=O)N1CC(N2Cc3nccc(Nc4c(C)ccc5[nH]ncc45)c3C2=O)C1.C=CC(=O)N1CC(N2Cc3nccc(Nc4cc(O)cc5ccccc45)c3C2=O)C1. The van der Waals surface area contributed by atoms with Crippen LogP contribution in [0.4, 0.5) is 22.7 Å². The van der Waals surface area contributed by atoms with Crippen LogP contribution in [0.3, 0.4) is 0 Å². The van der Waals surface area contributed by atoms with E-state index in [1.807, 2.05) is 49.4 Å². The van der Waals surface area contributed by atoms with Gasteiger partial charge >= 0.3 is 0 Å². The number of aromatic hydroxyl groups is 1. The van der Waals surface area contributed by atoms with Gasteiger partial charge < -0.3 is 35.3 Å². The quantitative estimate of drug-likeness (QED) is 0.146. The number of pyridine rings is 2. The van der Waals surface area contributed by atoms with Gasteiger partial charge in [0.1, 0.15) is 5.75 Å². The molecule has 4 N–H and O–H groups in total. The van der Waals surface area contributed by atoms with E-state index in [0.29, 0.717) is 61.8 Å². The van der Waals surface area contributed by atoms with Gasteiger partial charge in [-0.3, -0.25) is 34.2 Å². The normalized spacial score (nSPS) is 15.9. The van der Waals surface area contributed by atoms with Crippen molar-refractivity contribution in [1.29, 1.82) is 0 Å². The third-order valence-electron chi connectivity index (χ3n) is 11.4. The molecule has 296 valence electrons. The third-order valence-corrected chi connectivity index (χ3v) is 11.4. The van der Waals surface area contributed by atoms with Crippen molar-refractivity contribution in [2.45, 2.75) is 32.1 Å². The Balaban J connectivity index is 0.000000152. The number of aromatic nitrogens is 4. The lowest BCUT2D eigenvalue weighted by molar-refractivity contribution is -0.133. The molecule has 0 aliphatic carbocycles. The smallest absolute Gasteiger partial charge is 0.258 e. The summed E-state index contributed by atoms with van der Waals surface area (Å²) in [5.41, 5.74) is 7.62. The van der Waals surface area contributed by atoms with E-state index < -0.39 is 0 Å². The molecule has 0 unspecified atom stereocenters. The minimum absolute atomic E-state index is 0.00694. The molecule has 3 aromatic carbocycles.